The van der Waals surface area contributed by atoms with Gasteiger partial charge < -0.3 is 4.57 Å². The van der Waals surface area contributed by atoms with Crippen molar-refractivity contribution in [3.05, 3.63) is 21.9 Å². The first-order valence-electron chi connectivity index (χ1n) is 3.45. The van der Waals surface area contributed by atoms with Gasteiger partial charge in [-0.05, 0) is 28.4 Å². The summed E-state index contributed by atoms with van der Waals surface area (Å²) in [6.07, 6.45) is 0.943. The Labute approximate surface area is 74.6 Å². The van der Waals surface area contributed by atoms with Gasteiger partial charge in [-0.3, -0.25) is 0 Å². The Morgan fingerprint density at radius 1 is 1.73 bits per heavy atom. The molecule has 0 aliphatic rings. The van der Waals surface area contributed by atoms with Gasteiger partial charge in [-0.2, -0.15) is 5.26 Å². The summed E-state index contributed by atoms with van der Waals surface area (Å²) in [5.74, 6) is 0. The standard InChI is InChI=1S/C8H9BrN2/c1-3-8-7(9)4-6(5-10)11(8)2/h4H,3H2,1-2H3. The predicted octanol–water partition coefficient (Wildman–Crippen LogP) is 2.22. The minimum atomic E-state index is 0.703. The molecule has 0 unspecified atom stereocenters. The molecular weight excluding hydrogens is 204 g/mol. The van der Waals surface area contributed by atoms with Crippen LogP contribution < -0.4 is 0 Å². The molecule has 0 fully saturated rings. The molecule has 1 aromatic rings. The fraction of sp³-hybridized carbons (Fsp3) is 0.375. The van der Waals surface area contributed by atoms with E-state index in [1.54, 1.807) is 0 Å². The smallest absolute Gasteiger partial charge is 0.121 e. The van der Waals surface area contributed by atoms with Crippen molar-refractivity contribution in [1.29, 1.82) is 5.26 Å². The van der Waals surface area contributed by atoms with E-state index in [4.69, 9.17) is 5.26 Å². The Hall–Kier alpha value is -0.750. The highest BCUT2D eigenvalue weighted by Gasteiger charge is 2.07. The van der Waals surface area contributed by atoms with Gasteiger partial charge in [0.15, 0.2) is 0 Å². The Morgan fingerprint density at radius 2 is 2.36 bits per heavy atom. The van der Waals surface area contributed by atoms with Crippen LogP contribution in [-0.4, -0.2) is 4.57 Å². The first kappa shape index (κ1) is 8.35. The second-order valence-electron chi connectivity index (χ2n) is 2.35. The minimum absolute atomic E-state index is 0.703. The molecular formula is C8H9BrN2. The van der Waals surface area contributed by atoms with Gasteiger partial charge in [0, 0.05) is 17.2 Å². The van der Waals surface area contributed by atoms with E-state index in [0.717, 1.165) is 10.9 Å². The molecule has 2 nitrogen and oxygen atoms in total. The van der Waals surface area contributed by atoms with Crippen molar-refractivity contribution < 1.29 is 0 Å². The van der Waals surface area contributed by atoms with Gasteiger partial charge in [0.2, 0.25) is 0 Å². The molecule has 0 saturated heterocycles. The van der Waals surface area contributed by atoms with Crippen LogP contribution in [0.3, 0.4) is 0 Å². The zero-order chi connectivity index (χ0) is 8.43. The van der Waals surface area contributed by atoms with Crippen LogP contribution in [0.4, 0.5) is 0 Å². The Bertz CT molecular complexity index is 307. The first-order valence-corrected chi connectivity index (χ1v) is 4.24. The lowest BCUT2D eigenvalue weighted by Gasteiger charge is -1.99. The van der Waals surface area contributed by atoms with Crippen LogP contribution in [0.15, 0.2) is 10.5 Å². The third-order valence-electron chi connectivity index (χ3n) is 1.75. The molecule has 1 rings (SSSR count). The lowest BCUT2D eigenvalue weighted by molar-refractivity contribution is 0.822. The van der Waals surface area contributed by atoms with Crippen molar-refractivity contribution in [1.82, 2.24) is 4.57 Å². The molecule has 0 N–H and O–H groups in total. The normalized spacial score (nSPS) is 9.64. The maximum Gasteiger partial charge on any atom is 0.121 e. The average molecular weight is 213 g/mol. The number of halogens is 1. The van der Waals surface area contributed by atoms with Crippen LogP contribution in [-0.2, 0) is 13.5 Å². The van der Waals surface area contributed by atoms with Gasteiger partial charge in [-0.1, -0.05) is 6.92 Å². The lowest BCUT2D eigenvalue weighted by Crippen LogP contribution is -1.96. The highest BCUT2D eigenvalue weighted by Crippen LogP contribution is 2.20. The quantitative estimate of drug-likeness (QED) is 0.703. The Balaban J connectivity index is 3.28. The van der Waals surface area contributed by atoms with Crippen LogP contribution in [0, 0.1) is 11.3 Å². The summed E-state index contributed by atoms with van der Waals surface area (Å²) in [4.78, 5) is 0. The number of hydrogen-bond acceptors (Lipinski definition) is 1. The van der Waals surface area contributed by atoms with E-state index in [1.165, 1.54) is 5.69 Å². The van der Waals surface area contributed by atoms with E-state index in [2.05, 4.69) is 28.9 Å². The molecule has 0 atom stereocenters. The van der Waals surface area contributed by atoms with Gasteiger partial charge in [0.25, 0.3) is 0 Å². The fourth-order valence-corrected chi connectivity index (χ4v) is 1.88. The van der Waals surface area contributed by atoms with Gasteiger partial charge in [-0.15, -0.1) is 0 Å². The second kappa shape index (κ2) is 3.10. The number of hydrogen-bond donors (Lipinski definition) is 0. The van der Waals surface area contributed by atoms with Gasteiger partial charge >= 0.3 is 0 Å². The van der Waals surface area contributed by atoms with E-state index in [-0.39, 0.29) is 0 Å². The number of nitrogens with zero attached hydrogens (tertiary/aromatic N) is 2. The molecule has 0 aliphatic heterocycles. The molecule has 11 heavy (non-hydrogen) atoms. The molecule has 0 aliphatic carbocycles. The van der Waals surface area contributed by atoms with Crippen LogP contribution in [0.25, 0.3) is 0 Å². The van der Waals surface area contributed by atoms with Crippen molar-refractivity contribution in [3.63, 3.8) is 0 Å². The molecule has 0 radical (unpaired) electrons. The van der Waals surface area contributed by atoms with Crippen molar-refractivity contribution in [3.8, 4) is 6.07 Å². The summed E-state index contributed by atoms with van der Waals surface area (Å²) >= 11 is 3.40. The summed E-state index contributed by atoms with van der Waals surface area (Å²) < 4.78 is 2.93. The number of nitriles is 1. The molecule has 1 heterocycles. The first-order chi connectivity index (χ1) is 5.20. The van der Waals surface area contributed by atoms with Crippen molar-refractivity contribution >= 4 is 15.9 Å². The van der Waals surface area contributed by atoms with E-state index in [9.17, 15) is 0 Å². The lowest BCUT2D eigenvalue weighted by atomic mass is 10.3. The van der Waals surface area contributed by atoms with E-state index in [1.807, 2.05) is 17.7 Å². The van der Waals surface area contributed by atoms with Crippen molar-refractivity contribution in [2.75, 3.05) is 0 Å². The highest BCUT2D eigenvalue weighted by molar-refractivity contribution is 9.10. The highest BCUT2D eigenvalue weighted by atomic mass is 79.9. The van der Waals surface area contributed by atoms with E-state index < -0.39 is 0 Å². The van der Waals surface area contributed by atoms with Gasteiger partial charge in [-0.25, -0.2) is 0 Å². The summed E-state index contributed by atoms with van der Waals surface area (Å²) in [7, 11) is 1.90. The molecule has 0 spiro atoms. The average Bonchev–Trinajstić information content (AvgIpc) is 2.26. The molecule has 1 aromatic heterocycles. The van der Waals surface area contributed by atoms with Gasteiger partial charge in [0.1, 0.15) is 11.8 Å². The largest absolute Gasteiger partial charge is 0.339 e. The van der Waals surface area contributed by atoms with Crippen LogP contribution in [0.2, 0.25) is 0 Å². The maximum atomic E-state index is 8.66. The van der Waals surface area contributed by atoms with E-state index in [0.29, 0.717) is 5.69 Å². The summed E-state index contributed by atoms with van der Waals surface area (Å²) in [5, 5.41) is 8.66. The fourth-order valence-electron chi connectivity index (χ4n) is 1.12. The Kier molecular flexibility index (Phi) is 2.35. The van der Waals surface area contributed by atoms with Crippen LogP contribution >= 0.6 is 15.9 Å². The molecule has 0 bridgehead atoms. The second-order valence-corrected chi connectivity index (χ2v) is 3.20. The number of rotatable bonds is 1. The topological polar surface area (TPSA) is 28.7 Å². The zero-order valence-electron chi connectivity index (χ0n) is 6.56. The molecule has 3 heteroatoms. The van der Waals surface area contributed by atoms with Crippen LogP contribution in [0.5, 0.6) is 0 Å². The summed E-state index contributed by atoms with van der Waals surface area (Å²) in [6, 6.07) is 3.97. The third-order valence-corrected chi connectivity index (χ3v) is 2.44. The monoisotopic (exact) mass is 212 g/mol. The molecule has 58 valence electrons. The van der Waals surface area contributed by atoms with E-state index >= 15 is 0 Å². The molecule has 0 aromatic carbocycles. The maximum absolute atomic E-state index is 8.66. The molecule has 0 saturated carbocycles. The summed E-state index contributed by atoms with van der Waals surface area (Å²) in [5.41, 5.74) is 1.87. The molecule has 0 amide bonds. The Morgan fingerprint density at radius 3 is 2.64 bits per heavy atom. The third kappa shape index (κ3) is 1.31. The predicted molar refractivity (Wildman–Crippen MR) is 47.2 cm³/mol. The summed E-state index contributed by atoms with van der Waals surface area (Å²) in [6.45, 7) is 2.07. The van der Waals surface area contributed by atoms with Gasteiger partial charge in [0.05, 0.1) is 0 Å². The SMILES string of the molecule is CCc1c(Br)cc(C#N)n1C. The van der Waals surface area contributed by atoms with Crippen molar-refractivity contribution in [2.45, 2.75) is 13.3 Å². The number of aromatic nitrogens is 1. The zero-order valence-corrected chi connectivity index (χ0v) is 8.14. The van der Waals surface area contributed by atoms with Crippen molar-refractivity contribution in [2.24, 2.45) is 7.05 Å². The van der Waals surface area contributed by atoms with Crippen LogP contribution in [0.1, 0.15) is 18.3 Å². The minimum Gasteiger partial charge on any atom is -0.339 e.